The van der Waals surface area contributed by atoms with E-state index >= 15 is 0 Å². The first-order chi connectivity index (χ1) is 16.2. The summed E-state index contributed by atoms with van der Waals surface area (Å²) in [7, 11) is -3.37. The second kappa shape index (κ2) is 10.4. The number of hydrazone groups is 1. The molecule has 0 aromatic heterocycles. The molecule has 190 valence electrons. The van der Waals surface area contributed by atoms with Crippen molar-refractivity contribution >= 4 is 50.6 Å². The Hall–Kier alpha value is -2.24. The van der Waals surface area contributed by atoms with Gasteiger partial charge < -0.3 is 5.32 Å². The topological polar surface area (TPSA) is 78.8 Å². The summed E-state index contributed by atoms with van der Waals surface area (Å²) < 4.78 is 62.8. The molecule has 0 radical (unpaired) electrons. The largest absolute Gasteiger partial charge is 0.417 e. The maximum atomic E-state index is 13.2. The SMILES string of the molecule is CSCCCC1(C)CN(C(=O)Nc2ccc(S(C)(=O)=O)cc2)N=C1c1ccc(C(F)(F)F)c(Cl)c1. The monoisotopic (exact) mass is 547 g/mol. The summed E-state index contributed by atoms with van der Waals surface area (Å²) in [4.78, 5) is 13.1. The van der Waals surface area contributed by atoms with E-state index in [1.807, 2.05) is 13.2 Å². The van der Waals surface area contributed by atoms with Crippen LogP contribution in [0.2, 0.25) is 5.02 Å². The fourth-order valence-electron chi connectivity index (χ4n) is 3.88. The maximum Gasteiger partial charge on any atom is 0.417 e. The van der Waals surface area contributed by atoms with Gasteiger partial charge in [0.15, 0.2) is 9.84 Å². The van der Waals surface area contributed by atoms with E-state index in [2.05, 4.69) is 10.4 Å². The number of sulfone groups is 1. The highest BCUT2D eigenvalue weighted by Gasteiger charge is 2.42. The number of carbonyl (C=O) groups excluding carboxylic acids is 1. The Balaban J connectivity index is 1.89. The van der Waals surface area contributed by atoms with E-state index in [0.717, 1.165) is 24.5 Å². The minimum Gasteiger partial charge on any atom is -0.306 e. The minimum atomic E-state index is -4.58. The second-order valence-electron chi connectivity index (χ2n) is 8.58. The molecular formula is C23H25ClF3N3O3S2. The van der Waals surface area contributed by atoms with Gasteiger partial charge >= 0.3 is 12.2 Å². The molecule has 1 aliphatic rings. The molecule has 0 aliphatic carbocycles. The van der Waals surface area contributed by atoms with Gasteiger partial charge in [0.25, 0.3) is 0 Å². The molecule has 12 heteroatoms. The number of hydrogen-bond donors (Lipinski definition) is 1. The number of nitrogens with zero attached hydrogens (tertiary/aromatic N) is 2. The molecule has 1 unspecified atom stereocenters. The van der Waals surface area contributed by atoms with Gasteiger partial charge in [-0.15, -0.1) is 0 Å². The van der Waals surface area contributed by atoms with Gasteiger partial charge in [-0.2, -0.15) is 30.0 Å². The van der Waals surface area contributed by atoms with E-state index in [4.69, 9.17) is 11.6 Å². The molecule has 1 aliphatic heterocycles. The van der Waals surface area contributed by atoms with E-state index in [1.165, 1.54) is 41.4 Å². The average Bonchev–Trinajstić information content (AvgIpc) is 3.10. The molecule has 2 aromatic carbocycles. The number of urea groups is 1. The molecule has 1 N–H and O–H groups in total. The van der Waals surface area contributed by atoms with Crippen molar-refractivity contribution in [3.63, 3.8) is 0 Å². The smallest absolute Gasteiger partial charge is 0.306 e. The molecule has 6 nitrogen and oxygen atoms in total. The van der Waals surface area contributed by atoms with Gasteiger partial charge in [0.1, 0.15) is 0 Å². The van der Waals surface area contributed by atoms with Crippen LogP contribution in [0.3, 0.4) is 0 Å². The number of amides is 2. The lowest BCUT2D eigenvalue weighted by atomic mass is 9.78. The third-order valence-corrected chi connectivity index (χ3v) is 7.82. The zero-order valence-corrected chi connectivity index (χ0v) is 21.7. The van der Waals surface area contributed by atoms with E-state index in [1.54, 1.807) is 11.8 Å². The second-order valence-corrected chi connectivity index (χ2v) is 12.0. The molecule has 2 aromatic rings. The van der Waals surface area contributed by atoms with Crippen LogP contribution in [0.5, 0.6) is 0 Å². The van der Waals surface area contributed by atoms with E-state index in [9.17, 15) is 26.4 Å². The highest BCUT2D eigenvalue weighted by molar-refractivity contribution is 7.98. The summed E-state index contributed by atoms with van der Waals surface area (Å²) in [5, 5.41) is 7.97. The van der Waals surface area contributed by atoms with Gasteiger partial charge in [0.2, 0.25) is 0 Å². The molecule has 0 bridgehead atoms. The van der Waals surface area contributed by atoms with Crippen LogP contribution in [-0.4, -0.2) is 50.0 Å². The summed E-state index contributed by atoms with van der Waals surface area (Å²) >= 11 is 7.63. The first kappa shape index (κ1) is 27.3. The fraction of sp³-hybridized carbons (Fsp3) is 0.391. The molecule has 0 saturated heterocycles. The maximum absolute atomic E-state index is 13.2. The minimum absolute atomic E-state index is 0.123. The molecule has 1 heterocycles. The van der Waals surface area contributed by atoms with Gasteiger partial charge in [-0.05, 0) is 66.8 Å². The molecular weight excluding hydrogens is 523 g/mol. The lowest BCUT2D eigenvalue weighted by Crippen LogP contribution is -2.35. The first-order valence-corrected chi connectivity index (χ1v) is 14.2. The zero-order chi connectivity index (χ0) is 26.0. The van der Waals surface area contributed by atoms with Crippen molar-refractivity contribution in [1.82, 2.24) is 5.01 Å². The molecule has 2 amide bonds. The third-order valence-electron chi connectivity index (χ3n) is 5.68. The number of halogens is 4. The lowest BCUT2D eigenvalue weighted by molar-refractivity contribution is -0.137. The van der Waals surface area contributed by atoms with Crippen molar-refractivity contribution in [2.24, 2.45) is 10.5 Å². The van der Waals surface area contributed by atoms with Gasteiger partial charge in [-0.25, -0.2) is 18.2 Å². The van der Waals surface area contributed by atoms with Crippen molar-refractivity contribution in [2.75, 3.05) is 30.1 Å². The standard InChI is InChI=1S/C23H25ClF3N3O3S2/c1-22(11-4-12-34-2)14-30(21(31)28-16-6-8-17(9-7-16)35(3,32)33)29-20(22)15-5-10-18(19(24)13-15)23(25,26)27/h5-10,13H,4,11-12,14H2,1-3H3,(H,28,31). The molecule has 0 fully saturated rings. The van der Waals surface area contributed by atoms with Crippen LogP contribution in [0, 0.1) is 5.41 Å². The fourth-order valence-corrected chi connectivity index (χ4v) is 5.23. The van der Waals surface area contributed by atoms with Gasteiger partial charge in [0.05, 0.1) is 27.7 Å². The Bertz CT molecular complexity index is 1230. The quantitative estimate of drug-likeness (QED) is 0.421. The van der Waals surface area contributed by atoms with Crippen molar-refractivity contribution in [3.8, 4) is 0 Å². The number of nitrogens with one attached hydrogen (secondary N) is 1. The summed E-state index contributed by atoms with van der Waals surface area (Å²) in [6.45, 7) is 2.15. The lowest BCUT2D eigenvalue weighted by Gasteiger charge is -2.26. The molecule has 3 rings (SSSR count). The Kier molecular flexibility index (Phi) is 8.12. The summed E-state index contributed by atoms with van der Waals surface area (Å²) in [6.07, 6.45) is -0.0121. The van der Waals surface area contributed by atoms with Crippen LogP contribution in [0.1, 0.15) is 30.9 Å². The van der Waals surface area contributed by atoms with Crippen LogP contribution in [0.25, 0.3) is 0 Å². The molecule has 0 saturated carbocycles. The van der Waals surface area contributed by atoms with Crippen LogP contribution >= 0.6 is 23.4 Å². The Labute approximate surface area is 211 Å². The van der Waals surface area contributed by atoms with Crippen molar-refractivity contribution < 1.29 is 26.4 Å². The normalized spacial score (nSPS) is 18.5. The van der Waals surface area contributed by atoms with E-state index in [-0.39, 0.29) is 11.4 Å². The predicted molar refractivity (Wildman–Crippen MR) is 134 cm³/mol. The Morgan fingerprint density at radius 2 is 1.89 bits per heavy atom. The van der Waals surface area contributed by atoms with Gasteiger partial charge in [-0.3, -0.25) is 0 Å². The number of hydrogen-bond acceptors (Lipinski definition) is 5. The van der Waals surface area contributed by atoms with Crippen LogP contribution in [-0.2, 0) is 16.0 Å². The zero-order valence-electron chi connectivity index (χ0n) is 19.3. The Morgan fingerprint density at radius 3 is 2.43 bits per heavy atom. The number of anilines is 1. The number of thioether (sulfide) groups is 1. The van der Waals surface area contributed by atoms with Crippen LogP contribution in [0.4, 0.5) is 23.7 Å². The highest BCUT2D eigenvalue weighted by atomic mass is 35.5. The summed E-state index contributed by atoms with van der Waals surface area (Å²) in [5.41, 5.74) is -0.249. The number of rotatable bonds is 7. The van der Waals surface area contributed by atoms with E-state index < -0.39 is 38.0 Å². The van der Waals surface area contributed by atoms with Gasteiger partial charge in [-0.1, -0.05) is 24.6 Å². The third kappa shape index (κ3) is 6.50. The van der Waals surface area contributed by atoms with Crippen LogP contribution in [0.15, 0.2) is 52.5 Å². The van der Waals surface area contributed by atoms with Crippen molar-refractivity contribution in [1.29, 1.82) is 0 Å². The number of alkyl halides is 3. The summed E-state index contributed by atoms with van der Waals surface area (Å²) in [5.74, 6) is 0.884. The molecule has 1 atom stereocenters. The average molecular weight is 548 g/mol. The summed E-state index contributed by atoms with van der Waals surface area (Å²) in [6, 6.07) is 8.67. The number of benzene rings is 2. The first-order valence-electron chi connectivity index (χ1n) is 10.6. The van der Waals surface area contributed by atoms with Crippen molar-refractivity contribution in [2.45, 2.75) is 30.8 Å². The van der Waals surface area contributed by atoms with Gasteiger partial charge in [0, 0.05) is 17.4 Å². The highest BCUT2D eigenvalue weighted by Crippen LogP contribution is 2.39. The van der Waals surface area contributed by atoms with Crippen molar-refractivity contribution in [3.05, 3.63) is 58.6 Å². The number of carbonyl (C=O) groups is 1. The molecule has 0 spiro atoms. The van der Waals surface area contributed by atoms with Crippen LogP contribution < -0.4 is 5.32 Å². The Morgan fingerprint density at radius 1 is 1.23 bits per heavy atom. The van der Waals surface area contributed by atoms with E-state index in [0.29, 0.717) is 23.4 Å². The molecule has 35 heavy (non-hydrogen) atoms. The predicted octanol–water partition coefficient (Wildman–Crippen LogP) is 6.16.